The summed E-state index contributed by atoms with van der Waals surface area (Å²) in [6.07, 6.45) is 3.60. The van der Waals surface area contributed by atoms with E-state index >= 15 is 0 Å². The van der Waals surface area contributed by atoms with Gasteiger partial charge >= 0.3 is 5.76 Å². The molecule has 0 bridgehead atoms. The second-order valence-electron chi connectivity index (χ2n) is 11.0. The molecule has 6 N–H and O–H groups in total. The molecule has 3 atom stereocenters. The second-order valence-corrected chi connectivity index (χ2v) is 11.0. The van der Waals surface area contributed by atoms with Crippen LogP contribution in [0.25, 0.3) is 5.70 Å². The van der Waals surface area contributed by atoms with Crippen LogP contribution in [-0.2, 0) is 18.3 Å². The van der Waals surface area contributed by atoms with E-state index in [9.17, 15) is 14.9 Å². The van der Waals surface area contributed by atoms with Gasteiger partial charge in [0.2, 0.25) is 5.91 Å². The zero-order chi connectivity index (χ0) is 29.3. The lowest BCUT2D eigenvalue weighted by atomic mass is 9.67. The number of nitrogens with zero attached hydrogens (tertiary/aromatic N) is 3. The smallest absolute Gasteiger partial charge is 0.399 e. The number of likely N-dealkylation sites (tertiary alicyclic amines) is 1. The maximum absolute atomic E-state index is 12.3. The third-order valence-electron chi connectivity index (χ3n) is 8.37. The molecule has 3 aromatic rings. The van der Waals surface area contributed by atoms with Crippen molar-refractivity contribution in [2.45, 2.75) is 56.5 Å². The van der Waals surface area contributed by atoms with Gasteiger partial charge in [-0.05, 0) is 85.0 Å². The van der Waals surface area contributed by atoms with Crippen molar-refractivity contribution in [1.29, 1.82) is 5.26 Å². The molecule has 1 fully saturated rings. The molecule has 212 valence electrons. The lowest BCUT2D eigenvalue weighted by molar-refractivity contribution is 0.1000. The zero-order valence-corrected chi connectivity index (χ0v) is 23.2. The fourth-order valence-corrected chi connectivity index (χ4v) is 6.39. The number of carbonyl (C=O) groups is 1. The summed E-state index contributed by atoms with van der Waals surface area (Å²) in [7, 11) is 0. The Balaban J connectivity index is 1.61. The summed E-state index contributed by atoms with van der Waals surface area (Å²) in [6, 6.07) is 13.5. The molecule has 1 saturated heterocycles. The number of carbonyl (C=O) groups excluding carboxylic acids is 1. The number of amides is 1. The van der Waals surface area contributed by atoms with Crippen LogP contribution in [0.2, 0.25) is 0 Å². The average molecular weight is 554 g/mol. The fourth-order valence-electron chi connectivity index (χ4n) is 6.39. The number of hydrogen-bond donors (Lipinski definition) is 4. The highest BCUT2D eigenvalue weighted by Gasteiger charge is 2.45. The Morgan fingerprint density at radius 3 is 2.46 bits per heavy atom. The van der Waals surface area contributed by atoms with Gasteiger partial charge in [0, 0.05) is 36.1 Å². The quantitative estimate of drug-likeness (QED) is 0.314. The van der Waals surface area contributed by atoms with Crippen molar-refractivity contribution in [3.8, 4) is 6.07 Å². The molecule has 2 aliphatic rings. The Morgan fingerprint density at radius 1 is 1.22 bits per heavy atom. The molecule has 5 rings (SSSR count). The van der Waals surface area contributed by atoms with Crippen LogP contribution in [0.3, 0.4) is 0 Å². The summed E-state index contributed by atoms with van der Waals surface area (Å²) < 4.78 is 5.07. The van der Waals surface area contributed by atoms with Gasteiger partial charge in [0.25, 0.3) is 0 Å². The van der Waals surface area contributed by atoms with Crippen molar-refractivity contribution in [1.82, 2.24) is 20.4 Å². The fraction of sp³-hybridized carbons (Fsp3) is 0.355. The highest BCUT2D eigenvalue weighted by atomic mass is 16.5. The first-order valence-electron chi connectivity index (χ1n) is 13.8. The maximum Gasteiger partial charge on any atom is 0.438 e. The molecule has 10 nitrogen and oxygen atoms in total. The number of primary amides is 1. The van der Waals surface area contributed by atoms with Crippen LogP contribution >= 0.6 is 0 Å². The Morgan fingerprint density at radius 2 is 1.88 bits per heavy atom. The van der Waals surface area contributed by atoms with Crippen molar-refractivity contribution in [3.63, 3.8) is 0 Å². The van der Waals surface area contributed by atoms with Gasteiger partial charge in [-0.2, -0.15) is 5.26 Å². The number of hydrogen-bond acceptors (Lipinski definition) is 8. The van der Waals surface area contributed by atoms with Gasteiger partial charge in [0.05, 0.1) is 11.5 Å². The van der Waals surface area contributed by atoms with Gasteiger partial charge in [0.1, 0.15) is 6.04 Å². The van der Waals surface area contributed by atoms with Gasteiger partial charge in [-0.1, -0.05) is 36.5 Å². The van der Waals surface area contributed by atoms with Gasteiger partial charge in [-0.15, -0.1) is 0 Å². The summed E-state index contributed by atoms with van der Waals surface area (Å²) in [6.45, 7) is 11.5. The standard InChI is InChI=1S/C31H35N7O3/c1-18(35-17-19(2)38-12-4-5-25(38)16-32)15-31(29-36-30(40)41-37-29)26-10-8-21(20(3)33)13-22(26)6-7-23-14-24(28(34)39)9-11-27(23)31/h8-11,13-14,18,25,35H,2-7,12,15,17,33H2,1H3,(H2,34,39)(H,36,37,40)/t18-,25?,31?/m0/s1. The molecule has 0 spiro atoms. The van der Waals surface area contributed by atoms with Gasteiger partial charge < -0.3 is 21.7 Å². The van der Waals surface area contributed by atoms with Crippen molar-refractivity contribution >= 4 is 11.6 Å². The number of aromatic nitrogens is 2. The van der Waals surface area contributed by atoms with E-state index in [2.05, 4.69) is 46.5 Å². The Kier molecular flexibility index (Phi) is 7.56. The number of rotatable bonds is 9. The van der Waals surface area contributed by atoms with Crippen LogP contribution in [0.4, 0.5) is 0 Å². The van der Waals surface area contributed by atoms with E-state index in [1.165, 1.54) is 0 Å². The normalized spacial score (nSPS) is 20.4. The lowest BCUT2D eigenvalue weighted by Gasteiger charge is -2.37. The van der Waals surface area contributed by atoms with Gasteiger partial charge in [-0.3, -0.25) is 14.3 Å². The van der Waals surface area contributed by atoms with Crippen LogP contribution in [0.5, 0.6) is 0 Å². The lowest BCUT2D eigenvalue weighted by Crippen LogP contribution is -2.42. The van der Waals surface area contributed by atoms with E-state index in [4.69, 9.17) is 16.0 Å². The third kappa shape index (κ3) is 5.16. The summed E-state index contributed by atoms with van der Waals surface area (Å²) in [5.41, 5.74) is 17.1. The molecule has 2 aromatic carbocycles. The van der Waals surface area contributed by atoms with Gasteiger partial charge in [0.15, 0.2) is 5.82 Å². The van der Waals surface area contributed by atoms with E-state index in [0.717, 1.165) is 52.9 Å². The minimum atomic E-state index is -0.936. The predicted molar refractivity (Wildman–Crippen MR) is 156 cm³/mol. The second kappa shape index (κ2) is 11.1. The van der Waals surface area contributed by atoms with E-state index in [1.807, 2.05) is 30.3 Å². The molecule has 0 radical (unpaired) electrons. The first-order chi connectivity index (χ1) is 19.6. The first-order valence-corrected chi connectivity index (χ1v) is 13.8. The number of benzene rings is 2. The number of fused-ring (bicyclic) bond motifs is 2. The largest absolute Gasteiger partial charge is 0.438 e. The summed E-state index contributed by atoms with van der Waals surface area (Å²) >= 11 is 0. The Bertz CT molecular complexity index is 1550. The molecule has 41 heavy (non-hydrogen) atoms. The topological polar surface area (TPSA) is 167 Å². The average Bonchev–Trinajstić information content (AvgIpc) is 3.60. The number of aromatic amines is 1. The van der Waals surface area contributed by atoms with Crippen molar-refractivity contribution < 1.29 is 9.32 Å². The van der Waals surface area contributed by atoms with Crippen LogP contribution < -0.4 is 22.5 Å². The van der Waals surface area contributed by atoms with Crippen LogP contribution in [-0.4, -0.2) is 46.1 Å². The third-order valence-corrected chi connectivity index (χ3v) is 8.37. The number of nitrogens with one attached hydrogen (secondary N) is 2. The van der Waals surface area contributed by atoms with Crippen molar-refractivity contribution in [3.05, 3.63) is 105 Å². The highest BCUT2D eigenvalue weighted by molar-refractivity contribution is 5.93. The Labute approximate surface area is 238 Å². The monoisotopic (exact) mass is 553 g/mol. The number of H-pyrrole nitrogens is 1. The molecular formula is C31H35N7O3. The minimum absolute atomic E-state index is 0.103. The molecule has 1 aliphatic heterocycles. The van der Waals surface area contributed by atoms with Crippen molar-refractivity contribution in [2.75, 3.05) is 13.1 Å². The van der Waals surface area contributed by atoms with E-state index in [-0.39, 0.29) is 12.1 Å². The minimum Gasteiger partial charge on any atom is -0.399 e. The summed E-state index contributed by atoms with van der Waals surface area (Å²) in [5, 5.41) is 17.3. The number of aryl methyl sites for hydroxylation is 2. The molecule has 2 unspecified atom stereocenters. The van der Waals surface area contributed by atoms with E-state index < -0.39 is 17.1 Å². The highest BCUT2D eigenvalue weighted by Crippen LogP contribution is 2.47. The van der Waals surface area contributed by atoms with Crippen LogP contribution in [0, 0.1) is 11.3 Å². The number of nitrogens with two attached hydrogens (primary N) is 2. The van der Waals surface area contributed by atoms with Gasteiger partial charge in [-0.25, -0.2) is 4.79 Å². The van der Waals surface area contributed by atoms with E-state index in [0.29, 0.717) is 42.9 Å². The zero-order valence-electron chi connectivity index (χ0n) is 23.2. The molecular weight excluding hydrogens is 518 g/mol. The molecule has 10 heteroatoms. The van der Waals surface area contributed by atoms with Crippen LogP contribution in [0.1, 0.15) is 70.2 Å². The summed E-state index contributed by atoms with van der Waals surface area (Å²) in [4.78, 5) is 29.4. The molecule has 1 amide bonds. The maximum atomic E-state index is 12.3. The van der Waals surface area contributed by atoms with Crippen molar-refractivity contribution in [2.24, 2.45) is 11.5 Å². The number of nitriles is 1. The molecule has 1 aliphatic carbocycles. The van der Waals surface area contributed by atoms with Crippen LogP contribution in [0.15, 0.2) is 64.6 Å². The SMILES string of the molecule is C=C(N)c1ccc2c(c1)CCc1cc(C(N)=O)ccc1C2(C[C@H](C)NCC(=C)N1CCCC1C#N)c1noc(=O)[nH]1. The first kappa shape index (κ1) is 27.9. The molecule has 1 aromatic heterocycles. The Hall–Kier alpha value is -4.62. The summed E-state index contributed by atoms with van der Waals surface area (Å²) in [5.74, 6) is -0.796. The predicted octanol–water partition coefficient (Wildman–Crippen LogP) is 2.69. The van der Waals surface area contributed by atoms with E-state index in [1.54, 1.807) is 6.07 Å². The molecule has 2 heterocycles. The molecule has 0 saturated carbocycles.